The molecule has 1 aliphatic heterocycles. The van der Waals surface area contributed by atoms with Crippen LogP contribution >= 0.6 is 0 Å². The number of nitrogens with zero attached hydrogens (tertiary/aromatic N) is 2. The van der Waals surface area contributed by atoms with Crippen LogP contribution in [0, 0.1) is 0 Å². The topological polar surface area (TPSA) is 82.1 Å². The van der Waals surface area contributed by atoms with E-state index in [1.807, 2.05) is 6.92 Å². The summed E-state index contributed by atoms with van der Waals surface area (Å²) in [5.41, 5.74) is 0. The Bertz CT molecular complexity index is 325. The number of amides is 2. The fourth-order valence-electron chi connectivity index (χ4n) is 2.13. The first kappa shape index (κ1) is 16.9. The third-order valence-electron chi connectivity index (χ3n) is 3.18. The molecular formula is C13H25N3O4. The van der Waals surface area contributed by atoms with E-state index in [0.29, 0.717) is 39.3 Å². The molecule has 1 heterocycles. The lowest BCUT2D eigenvalue weighted by molar-refractivity contribution is -0.156. The number of piperazine rings is 1. The summed E-state index contributed by atoms with van der Waals surface area (Å²) in [7, 11) is 1.61. The Labute approximate surface area is 119 Å². The maximum absolute atomic E-state index is 11.9. The van der Waals surface area contributed by atoms with Crippen LogP contribution in [0.5, 0.6) is 0 Å². The lowest BCUT2D eigenvalue weighted by atomic mass is 10.2. The zero-order chi connectivity index (χ0) is 15.0. The lowest BCUT2D eigenvalue weighted by Crippen LogP contribution is -2.56. The molecule has 7 heteroatoms. The maximum atomic E-state index is 11.9. The third-order valence-corrected chi connectivity index (χ3v) is 3.18. The van der Waals surface area contributed by atoms with Crippen LogP contribution in [0.4, 0.5) is 0 Å². The highest BCUT2D eigenvalue weighted by Gasteiger charge is 2.32. The SMILES string of the molecule is CCCN1CCN(CC(O)CNCCOC)C(=O)C1=O. The Hall–Kier alpha value is -1.18. The second-order valence-electron chi connectivity index (χ2n) is 4.89. The average Bonchev–Trinajstić information content (AvgIpc) is 2.43. The minimum absolute atomic E-state index is 0.185. The molecule has 0 aliphatic carbocycles. The van der Waals surface area contributed by atoms with E-state index in [1.165, 1.54) is 4.90 Å². The zero-order valence-electron chi connectivity index (χ0n) is 12.3. The predicted molar refractivity (Wildman–Crippen MR) is 74.2 cm³/mol. The molecule has 116 valence electrons. The van der Waals surface area contributed by atoms with Crippen LogP contribution in [0.3, 0.4) is 0 Å². The second-order valence-corrected chi connectivity index (χ2v) is 4.89. The van der Waals surface area contributed by atoms with Gasteiger partial charge in [-0.3, -0.25) is 9.59 Å². The molecule has 0 aromatic rings. The molecular weight excluding hydrogens is 262 g/mol. The molecule has 2 N–H and O–H groups in total. The number of aliphatic hydroxyl groups excluding tert-OH is 1. The van der Waals surface area contributed by atoms with Gasteiger partial charge < -0.3 is 25.0 Å². The highest BCUT2D eigenvalue weighted by molar-refractivity contribution is 6.35. The van der Waals surface area contributed by atoms with Crippen LogP contribution in [0.15, 0.2) is 0 Å². The fraction of sp³-hybridized carbons (Fsp3) is 0.846. The van der Waals surface area contributed by atoms with Gasteiger partial charge in [-0.05, 0) is 6.42 Å². The molecule has 0 saturated carbocycles. The number of carbonyl (C=O) groups excluding carboxylic acids is 2. The highest BCUT2D eigenvalue weighted by atomic mass is 16.5. The van der Waals surface area contributed by atoms with Crippen molar-refractivity contribution in [2.24, 2.45) is 0 Å². The number of hydrogen-bond acceptors (Lipinski definition) is 5. The van der Waals surface area contributed by atoms with Gasteiger partial charge in [0.25, 0.3) is 0 Å². The van der Waals surface area contributed by atoms with Crippen LogP contribution in [0.25, 0.3) is 0 Å². The van der Waals surface area contributed by atoms with E-state index >= 15 is 0 Å². The molecule has 0 spiro atoms. The molecule has 1 rings (SSSR count). The second kappa shape index (κ2) is 8.89. The molecule has 0 bridgehead atoms. The van der Waals surface area contributed by atoms with Crippen molar-refractivity contribution in [2.45, 2.75) is 19.4 Å². The molecule has 20 heavy (non-hydrogen) atoms. The number of aliphatic hydroxyl groups is 1. The average molecular weight is 287 g/mol. The van der Waals surface area contributed by atoms with E-state index < -0.39 is 17.9 Å². The molecule has 7 nitrogen and oxygen atoms in total. The number of rotatable bonds is 9. The molecule has 1 atom stereocenters. The Morgan fingerprint density at radius 3 is 2.60 bits per heavy atom. The number of β-amino-alcohol motifs (C(OH)–C–C–N with tert-alkyl or cyclic N) is 1. The van der Waals surface area contributed by atoms with Gasteiger partial charge in [0, 0.05) is 46.4 Å². The Kier molecular flexibility index (Phi) is 7.50. The molecule has 1 saturated heterocycles. The standard InChI is InChI=1S/C13H25N3O4/c1-3-5-15-6-7-16(13(19)12(15)18)10-11(17)9-14-4-8-20-2/h11,14,17H,3-10H2,1-2H3. The number of nitrogens with one attached hydrogen (secondary N) is 1. The number of ether oxygens (including phenoxy) is 1. The fourth-order valence-corrected chi connectivity index (χ4v) is 2.13. The van der Waals surface area contributed by atoms with Crippen LogP contribution in [-0.2, 0) is 14.3 Å². The third kappa shape index (κ3) is 5.07. The Morgan fingerprint density at radius 1 is 1.30 bits per heavy atom. The summed E-state index contributed by atoms with van der Waals surface area (Å²) >= 11 is 0. The number of hydrogen-bond donors (Lipinski definition) is 2. The molecule has 1 unspecified atom stereocenters. The quantitative estimate of drug-likeness (QED) is 0.405. The van der Waals surface area contributed by atoms with Crippen molar-refractivity contribution in [3.8, 4) is 0 Å². The van der Waals surface area contributed by atoms with E-state index in [4.69, 9.17) is 4.74 Å². The van der Waals surface area contributed by atoms with Gasteiger partial charge in [-0.1, -0.05) is 6.92 Å². The van der Waals surface area contributed by atoms with E-state index in [-0.39, 0.29) is 6.54 Å². The number of methoxy groups -OCH3 is 1. The Morgan fingerprint density at radius 2 is 1.95 bits per heavy atom. The normalized spacial score (nSPS) is 17.8. The van der Waals surface area contributed by atoms with Crippen molar-refractivity contribution in [2.75, 3.05) is 53.0 Å². The van der Waals surface area contributed by atoms with Crippen LogP contribution in [0.1, 0.15) is 13.3 Å². The largest absolute Gasteiger partial charge is 0.390 e. The van der Waals surface area contributed by atoms with Crippen molar-refractivity contribution in [3.05, 3.63) is 0 Å². The van der Waals surface area contributed by atoms with Gasteiger partial charge >= 0.3 is 11.8 Å². The zero-order valence-corrected chi connectivity index (χ0v) is 12.3. The summed E-state index contributed by atoms with van der Waals surface area (Å²) in [6, 6.07) is 0. The van der Waals surface area contributed by atoms with Crippen molar-refractivity contribution >= 4 is 11.8 Å². The maximum Gasteiger partial charge on any atom is 0.312 e. The Balaban J connectivity index is 2.34. The monoisotopic (exact) mass is 287 g/mol. The molecule has 0 aromatic carbocycles. The molecule has 2 amide bonds. The first-order chi connectivity index (χ1) is 9.60. The minimum Gasteiger partial charge on any atom is -0.390 e. The summed E-state index contributed by atoms with van der Waals surface area (Å²) in [5.74, 6) is -0.974. The summed E-state index contributed by atoms with van der Waals surface area (Å²) in [5, 5.41) is 12.9. The van der Waals surface area contributed by atoms with E-state index in [2.05, 4.69) is 5.32 Å². The van der Waals surface area contributed by atoms with Gasteiger partial charge in [0.15, 0.2) is 0 Å². The van der Waals surface area contributed by atoms with E-state index in [9.17, 15) is 14.7 Å². The summed E-state index contributed by atoms with van der Waals surface area (Å²) in [6.45, 7) is 5.39. The van der Waals surface area contributed by atoms with Crippen molar-refractivity contribution in [1.29, 1.82) is 0 Å². The van der Waals surface area contributed by atoms with Gasteiger partial charge in [-0.15, -0.1) is 0 Å². The number of carbonyl (C=O) groups is 2. The highest BCUT2D eigenvalue weighted by Crippen LogP contribution is 2.06. The molecule has 0 radical (unpaired) electrons. The summed E-state index contributed by atoms with van der Waals surface area (Å²) in [4.78, 5) is 26.7. The minimum atomic E-state index is -0.679. The van der Waals surface area contributed by atoms with Crippen LogP contribution in [-0.4, -0.2) is 85.8 Å². The smallest absolute Gasteiger partial charge is 0.312 e. The van der Waals surface area contributed by atoms with Gasteiger partial charge in [0.1, 0.15) is 0 Å². The first-order valence-electron chi connectivity index (χ1n) is 7.06. The molecule has 0 aromatic heterocycles. The van der Waals surface area contributed by atoms with Gasteiger partial charge in [-0.2, -0.15) is 0 Å². The molecule has 1 aliphatic rings. The van der Waals surface area contributed by atoms with Crippen LogP contribution < -0.4 is 5.32 Å². The summed E-state index contributed by atoms with van der Waals surface area (Å²) in [6.07, 6.45) is 0.159. The van der Waals surface area contributed by atoms with Crippen LogP contribution in [0.2, 0.25) is 0 Å². The van der Waals surface area contributed by atoms with Crippen molar-refractivity contribution in [1.82, 2.24) is 15.1 Å². The van der Waals surface area contributed by atoms with Gasteiger partial charge in [0.2, 0.25) is 0 Å². The van der Waals surface area contributed by atoms with Gasteiger partial charge in [-0.25, -0.2) is 0 Å². The van der Waals surface area contributed by atoms with Crippen molar-refractivity contribution in [3.63, 3.8) is 0 Å². The van der Waals surface area contributed by atoms with Crippen molar-refractivity contribution < 1.29 is 19.4 Å². The predicted octanol–water partition coefficient (Wildman–Crippen LogP) is -1.34. The van der Waals surface area contributed by atoms with Gasteiger partial charge in [0.05, 0.1) is 12.7 Å². The van der Waals surface area contributed by atoms with E-state index in [1.54, 1.807) is 12.0 Å². The first-order valence-corrected chi connectivity index (χ1v) is 7.06. The molecule has 1 fully saturated rings. The lowest BCUT2D eigenvalue weighted by Gasteiger charge is -2.34. The van der Waals surface area contributed by atoms with E-state index in [0.717, 1.165) is 6.42 Å². The summed E-state index contributed by atoms with van der Waals surface area (Å²) < 4.78 is 4.88.